The fraction of sp³-hybridized carbons (Fsp3) is 1.00. The van der Waals surface area contributed by atoms with Crippen molar-refractivity contribution >= 4 is 0 Å². The van der Waals surface area contributed by atoms with Gasteiger partial charge in [-0.2, -0.15) is 0 Å². The molecule has 0 unspecified atom stereocenters. The van der Waals surface area contributed by atoms with Crippen molar-refractivity contribution < 1.29 is 18.9 Å². The molecule has 1 saturated heterocycles. The zero-order chi connectivity index (χ0) is 12.1. The fourth-order valence-corrected chi connectivity index (χ4v) is 3.66. The summed E-state index contributed by atoms with van der Waals surface area (Å²) in [6.45, 7) is 3.46. The van der Waals surface area contributed by atoms with Crippen molar-refractivity contribution in [2.75, 3.05) is 27.4 Å². The van der Waals surface area contributed by atoms with Crippen molar-refractivity contribution in [1.29, 1.82) is 0 Å². The minimum atomic E-state index is -0.357. The number of hydrogen-bond donors (Lipinski definition) is 0. The van der Waals surface area contributed by atoms with Gasteiger partial charge in [0, 0.05) is 26.1 Å². The van der Waals surface area contributed by atoms with Crippen LogP contribution >= 0.6 is 0 Å². The van der Waals surface area contributed by atoms with Crippen molar-refractivity contribution in [2.24, 2.45) is 11.3 Å². The average Bonchev–Trinajstić information content (AvgIpc) is 2.75. The van der Waals surface area contributed by atoms with E-state index < -0.39 is 0 Å². The van der Waals surface area contributed by atoms with Crippen LogP contribution in [0.25, 0.3) is 0 Å². The first kappa shape index (κ1) is 11.9. The summed E-state index contributed by atoms with van der Waals surface area (Å²) in [5, 5.41) is 0. The van der Waals surface area contributed by atoms with E-state index in [1.165, 1.54) is 12.8 Å². The first-order valence-electron chi connectivity index (χ1n) is 6.49. The lowest BCUT2D eigenvalue weighted by Gasteiger charge is -2.31. The van der Waals surface area contributed by atoms with Crippen molar-refractivity contribution in [3.63, 3.8) is 0 Å². The van der Waals surface area contributed by atoms with Gasteiger partial charge in [0.1, 0.15) is 12.2 Å². The molecule has 0 radical (unpaired) electrons. The summed E-state index contributed by atoms with van der Waals surface area (Å²) in [4.78, 5) is 0. The third-order valence-corrected chi connectivity index (χ3v) is 4.86. The van der Waals surface area contributed by atoms with E-state index in [1.807, 2.05) is 0 Å². The quantitative estimate of drug-likeness (QED) is 0.750. The number of ether oxygens (including phenoxy) is 4. The van der Waals surface area contributed by atoms with E-state index in [9.17, 15) is 0 Å². The van der Waals surface area contributed by atoms with Crippen molar-refractivity contribution in [3.8, 4) is 0 Å². The second kappa shape index (κ2) is 3.92. The van der Waals surface area contributed by atoms with E-state index in [4.69, 9.17) is 18.9 Å². The molecule has 3 fully saturated rings. The van der Waals surface area contributed by atoms with E-state index in [0.717, 1.165) is 12.3 Å². The van der Waals surface area contributed by atoms with Crippen LogP contribution in [-0.4, -0.2) is 45.4 Å². The highest BCUT2D eigenvalue weighted by Gasteiger charge is 2.72. The molecular formula is C13H22O4. The molecule has 0 aromatic carbocycles. The number of rotatable bonds is 4. The third-order valence-electron chi connectivity index (χ3n) is 4.86. The first-order chi connectivity index (χ1) is 8.15. The second-order valence-electron chi connectivity index (χ2n) is 5.83. The summed E-state index contributed by atoms with van der Waals surface area (Å²) in [5.74, 6) is 0.441. The van der Waals surface area contributed by atoms with Gasteiger partial charge in [-0.25, -0.2) is 0 Å². The topological polar surface area (TPSA) is 36.9 Å². The van der Waals surface area contributed by atoms with E-state index in [1.54, 1.807) is 14.2 Å². The van der Waals surface area contributed by atoms with Crippen LogP contribution in [0.4, 0.5) is 0 Å². The molecule has 1 aliphatic heterocycles. The molecule has 3 aliphatic rings. The van der Waals surface area contributed by atoms with Crippen LogP contribution in [0.2, 0.25) is 0 Å². The zero-order valence-corrected chi connectivity index (χ0v) is 10.9. The van der Waals surface area contributed by atoms with E-state index in [-0.39, 0.29) is 23.4 Å². The van der Waals surface area contributed by atoms with Gasteiger partial charge in [-0.05, 0) is 18.8 Å². The van der Waals surface area contributed by atoms with E-state index >= 15 is 0 Å². The van der Waals surface area contributed by atoms with Crippen LogP contribution in [0.3, 0.4) is 0 Å². The minimum Gasteiger partial charge on any atom is -0.382 e. The molecule has 4 atom stereocenters. The van der Waals surface area contributed by atoms with E-state index in [2.05, 4.69) is 6.92 Å². The molecular weight excluding hydrogens is 220 g/mol. The molecule has 4 heteroatoms. The predicted molar refractivity (Wildman–Crippen MR) is 61.7 cm³/mol. The van der Waals surface area contributed by atoms with Gasteiger partial charge in [-0.15, -0.1) is 0 Å². The first-order valence-corrected chi connectivity index (χ1v) is 6.49. The Morgan fingerprint density at radius 3 is 2.06 bits per heavy atom. The highest BCUT2D eigenvalue weighted by molar-refractivity contribution is 5.16. The van der Waals surface area contributed by atoms with Gasteiger partial charge in [0.05, 0.1) is 13.2 Å². The highest BCUT2D eigenvalue weighted by atomic mass is 16.8. The number of hydrogen-bond acceptors (Lipinski definition) is 4. The summed E-state index contributed by atoms with van der Waals surface area (Å²) in [5.41, 5.74) is 0.238. The largest absolute Gasteiger partial charge is 0.382 e. The molecule has 0 aromatic heterocycles. The second-order valence-corrected chi connectivity index (χ2v) is 5.83. The normalized spacial score (nSPS) is 46.4. The Bertz CT molecular complexity index is 290. The Labute approximate surface area is 103 Å². The molecule has 98 valence electrons. The van der Waals surface area contributed by atoms with Crippen molar-refractivity contribution in [3.05, 3.63) is 0 Å². The molecule has 0 N–H and O–H groups in total. The summed E-state index contributed by atoms with van der Waals surface area (Å²) < 4.78 is 22.9. The lowest BCUT2D eigenvalue weighted by atomic mass is 9.99. The van der Waals surface area contributed by atoms with Crippen molar-refractivity contribution in [1.82, 2.24) is 0 Å². The van der Waals surface area contributed by atoms with Gasteiger partial charge in [-0.3, -0.25) is 0 Å². The molecule has 2 aliphatic carbocycles. The van der Waals surface area contributed by atoms with Gasteiger partial charge >= 0.3 is 0 Å². The standard InChI is InChI=1S/C13H22O4/c1-12-6-9(12)4-5-13(12)16-10(7-14-2)11(17-13)8-15-3/h9-11H,4-8H2,1-3H3/t9-,10-,11-,12+/m0/s1. The smallest absolute Gasteiger partial charge is 0.175 e. The lowest BCUT2D eigenvalue weighted by Crippen LogP contribution is -2.38. The summed E-state index contributed by atoms with van der Waals surface area (Å²) >= 11 is 0. The van der Waals surface area contributed by atoms with Crippen LogP contribution in [0, 0.1) is 11.3 Å². The Balaban J connectivity index is 1.76. The third kappa shape index (κ3) is 1.58. The minimum absolute atomic E-state index is 0.0103. The summed E-state index contributed by atoms with van der Waals surface area (Å²) in [6, 6.07) is 0. The maximum absolute atomic E-state index is 6.25. The Hall–Kier alpha value is -0.160. The van der Waals surface area contributed by atoms with Gasteiger partial charge in [-0.1, -0.05) is 6.92 Å². The van der Waals surface area contributed by atoms with Crippen LogP contribution in [0.1, 0.15) is 26.2 Å². The highest BCUT2D eigenvalue weighted by Crippen LogP contribution is 2.71. The number of fused-ring (bicyclic) bond motifs is 2. The summed E-state index contributed by atoms with van der Waals surface area (Å²) in [6.07, 6.45) is 3.52. The molecule has 17 heavy (non-hydrogen) atoms. The monoisotopic (exact) mass is 242 g/mol. The molecule has 0 bridgehead atoms. The average molecular weight is 242 g/mol. The number of methoxy groups -OCH3 is 2. The van der Waals surface area contributed by atoms with Crippen LogP contribution in [-0.2, 0) is 18.9 Å². The Morgan fingerprint density at radius 2 is 1.71 bits per heavy atom. The van der Waals surface area contributed by atoms with Gasteiger partial charge in [0.25, 0.3) is 0 Å². The molecule has 1 spiro atoms. The molecule has 3 rings (SSSR count). The van der Waals surface area contributed by atoms with E-state index in [0.29, 0.717) is 13.2 Å². The molecule has 0 aromatic rings. The maximum Gasteiger partial charge on any atom is 0.175 e. The molecule has 1 heterocycles. The molecule has 0 amide bonds. The van der Waals surface area contributed by atoms with Crippen LogP contribution in [0.5, 0.6) is 0 Å². The van der Waals surface area contributed by atoms with Gasteiger partial charge in [0.15, 0.2) is 5.79 Å². The predicted octanol–water partition coefficient (Wildman–Crippen LogP) is 1.58. The molecule has 2 saturated carbocycles. The SMILES string of the molecule is COC[C@@H]1OC2(CC[C@H]3C[C@]32C)O[C@H]1COC. The van der Waals surface area contributed by atoms with Gasteiger partial charge < -0.3 is 18.9 Å². The van der Waals surface area contributed by atoms with Crippen LogP contribution in [0.15, 0.2) is 0 Å². The Morgan fingerprint density at radius 1 is 1.12 bits per heavy atom. The Kier molecular flexibility index (Phi) is 2.74. The zero-order valence-electron chi connectivity index (χ0n) is 10.9. The fourth-order valence-electron chi connectivity index (χ4n) is 3.66. The van der Waals surface area contributed by atoms with Crippen LogP contribution < -0.4 is 0 Å². The van der Waals surface area contributed by atoms with Crippen molar-refractivity contribution in [2.45, 2.75) is 44.2 Å². The lowest BCUT2D eigenvalue weighted by molar-refractivity contribution is -0.215. The molecule has 4 nitrogen and oxygen atoms in total. The van der Waals surface area contributed by atoms with Gasteiger partial charge in [0.2, 0.25) is 0 Å². The summed E-state index contributed by atoms with van der Waals surface area (Å²) in [7, 11) is 3.41. The maximum atomic E-state index is 6.25.